The first-order valence-electron chi connectivity index (χ1n) is 14.0. The van der Waals surface area contributed by atoms with E-state index in [0.29, 0.717) is 18.2 Å². The van der Waals surface area contributed by atoms with Crippen molar-refractivity contribution in [2.75, 3.05) is 34.8 Å². The maximum atomic E-state index is 14.4. The van der Waals surface area contributed by atoms with Gasteiger partial charge in [-0.2, -0.15) is 44.6 Å². The highest BCUT2D eigenvalue weighted by Crippen LogP contribution is 2.49. The fourth-order valence-corrected chi connectivity index (χ4v) is 6.78. The Kier molecular flexibility index (Phi) is 9.14. The number of phenolic OH excluding ortho intramolecular Hbond substituents is 2. The molecule has 0 unspecified atom stereocenters. The quantitative estimate of drug-likeness (QED) is 0.0404. The number of phenols is 2. The lowest BCUT2D eigenvalue weighted by atomic mass is 9.92. The third-order valence-corrected chi connectivity index (χ3v) is 10.0. The van der Waals surface area contributed by atoms with E-state index in [2.05, 4.69) is 30.9 Å². The predicted octanol–water partition coefficient (Wildman–Crippen LogP) is 3.34. The Labute approximate surface area is 283 Å². The van der Waals surface area contributed by atoms with Crippen molar-refractivity contribution < 1.29 is 53.5 Å². The number of nitrogens with two attached hydrogens (primary N) is 1. The summed E-state index contributed by atoms with van der Waals surface area (Å²) in [5.74, 6) is -1.77. The van der Waals surface area contributed by atoms with Crippen molar-refractivity contribution in [1.82, 2.24) is 15.0 Å². The molecule has 0 fully saturated rings. The van der Waals surface area contributed by atoms with Crippen LogP contribution < -0.4 is 21.7 Å². The molecule has 0 amide bonds. The summed E-state index contributed by atoms with van der Waals surface area (Å²) < 4.78 is 115. The Morgan fingerprint density at radius 2 is 1.28 bits per heavy atom. The molecule has 0 saturated carbocycles. The molecule has 10 N–H and O–H groups in total. The predicted molar refractivity (Wildman–Crippen MR) is 179 cm³/mol. The number of hydrogen-bond acceptors (Lipinski definition) is 15. The van der Waals surface area contributed by atoms with Gasteiger partial charge in [0.15, 0.2) is 0 Å². The van der Waals surface area contributed by atoms with Gasteiger partial charge in [0.05, 0.1) is 27.0 Å². The zero-order chi connectivity index (χ0) is 37.0. The molecule has 5 aromatic rings. The fraction of sp³-hybridized carbons (Fsp3) is 0.179. The number of nitrogen functional groups attached to an aromatic ring is 1. The number of nitrogens with zero attached hydrogens (tertiary/aromatic N) is 3. The van der Waals surface area contributed by atoms with E-state index in [4.69, 9.17) is 5.73 Å². The van der Waals surface area contributed by atoms with Gasteiger partial charge in [0.2, 0.25) is 11.9 Å². The van der Waals surface area contributed by atoms with Crippen molar-refractivity contribution in [1.29, 1.82) is 0 Å². The molecule has 22 heteroatoms. The van der Waals surface area contributed by atoms with Crippen molar-refractivity contribution >= 4 is 80.9 Å². The monoisotopic (exact) mass is 753 g/mol. The Balaban J connectivity index is 1.43. The first kappa shape index (κ1) is 36.2. The van der Waals surface area contributed by atoms with Gasteiger partial charge in [0, 0.05) is 29.5 Å². The Morgan fingerprint density at radius 3 is 1.86 bits per heavy atom. The minimum Gasteiger partial charge on any atom is -0.507 e. The second kappa shape index (κ2) is 12.6. The number of aromatic nitrogens is 3. The summed E-state index contributed by atoms with van der Waals surface area (Å²) in [7, 11) is -14.7. The minimum atomic E-state index is -4.95. The van der Waals surface area contributed by atoms with Crippen LogP contribution in [0.5, 0.6) is 11.5 Å². The van der Waals surface area contributed by atoms with Crippen LogP contribution in [0.25, 0.3) is 21.5 Å². The lowest BCUT2D eigenvalue weighted by Crippen LogP contribution is -2.31. The summed E-state index contributed by atoms with van der Waals surface area (Å²) in [4.78, 5) is 8.55. The summed E-state index contributed by atoms with van der Waals surface area (Å²) in [6.07, 6.45) is -1.35. The van der Waals surface area contributed by atoms with Crippen LogP contribution in [-0.2, 0) is 30.4 Å². The zero-order valence-corrected chi connectivity index (χ0v) is 28.2. The van der Waals surface area contributed by atoms with E-state index >= 15 is 0 Å². The summed E-state index contributed by atoms with van der Waals surface area (Å²) in [5.41, 5.74) is 4.10. The van der Waals surface area contributed by atoms with Gasteiger partial charge >= 0.3 is 6.08 Å². The first-order valence-corrected chi connectivity index (χ1v) is 18.3. The smallest absolute Gasteiger partial charge is 0.315 e. The Bertz CT molecular complexity index is 2530. The lowest BCUT2D eigenvalue weighted by molar-refractivity contribution is 0.417. The molecule has 0 bridgehead atoms. The number of fused-ring (bicyclic) bond motifs is 2. The standard InChI is InChI=1S/C28H28FN7O11S3/c1-28(2,11-31-17-10-19(50(45,46)47)22(30)21-20(17)23(37)14-5-3-4-6-15(14)24(21)38)12-32-26-34-25(29)35-27(36-26)33-16-9-13(48(39,40)41)7-8-18(16)49(42,43)44/h3-10,31,37-38H,11-12,30H2,1-2H3,(H,39,40,41)(H,42,43,44)(H,45,46,47)(H2,32,33,34,35,36). The van der Waals surface area contributed by atoms with E-state index in [0.717, 1.165) is 6.07 Å². The Morgan fingerprint density at radius 1 is 0.720 bits per heavy atom. The van der Waals surface area contributed by atoms with Gasteiger partial charge in [0.25, 0.3) is 30.4 Å². The number of rotatable bonds is 11. The summed E-state index contributed by atoms with van der Waals surface area (Å²) in [6, 6.07) is 9.25. The number of anilines is 5. The third-order valence-electron chi connectivity index (χ3n) is 7.38. The molecule has 1 aromatic heterocycles. The van der Waals surface area contributed by atoms with E-state index in [9.17, 15) is 53.5 Å². The lowest BCUT2D eigenvalue weighted by Gasteiger charge is -2.27. The van der Waals surface area contributed by atoms with Crippen molar-refractivity contribution in [3.05, 3.63) is 54.6 Å². The SMILES string of the molecule is CC(C)(CNc1nc(F)nc(Nc2cc(S(=O)(=O)O)ccc2S(=O)(=O)O)n1)CNc1cc(S(=O)(=O)O)c(N)c2c(O)c3ccccc3c(O)c12. The fourth-order valence-electron chi connectivity index (χ4n) is 5.00. The molecule has 0 radical (unpaired) electrons. The van der Waals surface area contributed by atoms with Crippen molar-refractivity contribution in [3.8, 4) is 11.5 Å². The molecule has 266 valence electrons. The summed E-state index contributed by atoms with van der Waals surface area (Å²) in [6.45, 7) is 3.38. The second-order valence-electron chi connectivity index (χ2n) is 11.7. The molecule has 0 atom stereocenters. The van der Waals surface area contributed by atoms with Crippen LogP contribution in [0.2, 0.25) is 0 Å². The van der Waals surface area contributed by atoms with Crippen LogP contribution in [0.3, 0.4) is 0 Å². The second-order valence-corrected chi connectivity index (χ2v) is 15.9. The maximum Gasteiger partial charge on any atom is 0.315 e. The number of nitrogens with one attached hydrogen (secondary N) is 3. The van der Waals surface area contributed by atoms with E-state index in [1.54, 1.807) is 26.0 Å². The van der Waals surface area contributed by atoms with Crippen LogP contribution in [0.4, 0.5) is 33.3 Å². The molecule has 18 nitrogen and oxygen atoms in total. The third kappa shape index (κ3) is 7.39. The molecular weight excluding hydrogens is 726 g/mol. The molecule has 0 aliphatic heterocycles. The largest absolute Gasteiger partial charge is 0.507 e. The van der Waals surface area contributed by atoms with E-state index in [-0.39, 0.29) is 52.0 Å². The van der Waals surface area contributed by atoms with Gasteiger partial charge in [-0.1, -0.05) is 38.1 Å². The van der Waals surface area contributed by atoms with Crippen LogP contribution in [0, 0.1) is 11.5 Å². The average molecular weight is 754 g/mol. The van der Waals surface area contributed by atoms with Crippen molar-refractivity contribution in [2.24, 2.45) is 5.41 Å². The number of benzene rings is 4. The van der Waals surface area contributed by atoms with Crippen LogP contribution in [-0.4, -0.2) is 77.2 Å². The van der Waals surface area contributed by atoms with E-state index in [1.165, 1.54) is 12.1 Å². The van der Waals surface area contributed by atoms with Crippen molar-refractivity contribution in [2.45, 2.75) is 28.5 Å². The maximum absolute atomic E-state index is 14.4. The van der Waals surface area contributed by atoms with Gasteiger partial charge in [-0.05, 0) is 29.7 Å². The molecule has 0 saturated heterocycles. The molecule has 0 aliphatic carbocycles. The minimum absolute atomic E-state index is 0.00419. The average Bonchev–Trinajstić information content (AvgIpc) is 3.00. The van der Waals surface area contributed by atoms with Crippen molar-refractivity contribution in [3.63, 3.8) is 0 Å². The highest BCUT2D eigenvalue weighted by atomic mass is 32.2. The molecule has 5 rings (SSSR count). The number of halogens is 1. The van der Waals surface area contributed by atoms with Gasteiger partial charge in [0.1, 0.15) is 21.3 Å². The summed E-state index contributed by atoms with van der Waals surface area (Å²) in [5, 5.41) is 30.5. The molecule has 0 aliphatic rings. The molecule has 4 aromatic carbocycles. The molecule has 0 spiro atoms. The molecule has 50 heavy (non-hydrogen) atoms. The summed E-state index contributed by atoms with van der Waals surface area (Å²) >= 11 is 0. The van der Waals surface area contributed by atoms with Gasteiger partial charge < -0.3 is 31.9 Å². The van der Waals surface area contributed by atoms with E-state index < -0.39 is 79.6 Å². The number of hydrogen-bond donors (Lipinski definition) is 9. The molecular formula is C28H28FN7O11S3. The zero-order valence-electron chi connectivity index (χ0n) is 25.7. The van der Waals surface area contributed by atoms with E-state index in [1.807, 2.05) is 0 Å². The van der Waals surface area contributed by atoms with Gasteiger partial charge in [-0.15, -0.1) is 0 Å². The van der Waals surface area contributed by atoms with Crippen LogP contribution >= 0.6 is 0 Å². The normalized spacial score (nSPS) is 12.7. The highest BCUT2D eigenvalue weighted by Gasteiger charge is 2.27. The Hall–Kier alpha value is -5.13. The van der Waals surface area contributed by atoms with Gasteiger partial charge in [-0.3, -0.25) is 13.7 Å². The van der Waals surface area contributed by atoms with Crippen LogP contribution in [0.1, 0.15) is 13.8 Å². The topological polar surface area (TPSA) is 304 Å². The van der Waals surface area contributed by atoms with Crippen LogP contribution in [0.15, 0.2) is 63.2 Å². The number of aromatic hydroxyl groups is 2. The van der Waals surface area contributed by atoms with Gasteiger partial charge in [-0.25, -0.2) is 0 Å². The first-order chi connectivity index (χ1) is 23.1. The highest BCUT2D eigenvalue weighted by molar-refractivity contribution is 7.86. The molecule has 1 heterocycles.